The minimum Gasteiger partial charge on any atom is -0.445 e. The standard InChI is InChI=1S/C17H26N2O5/c1-17(2,3)24-16(22)19-10-14(11-20)9-18-15(21)23-12-13-7-5-4-6-8-13/h4-8,14,20H,9-12H2,1-3H3,(H,18,21)(H,19,22). The third-order valence-corrected chi connectivity index (χ3v) is 2.94. The maximum Gasteiger partial charge on any atom is 0.407 e. The van der Waals surface area contributed by atoms with Crippen molar-refractivity contribution in [2.24, 2.45) is 5.92 Å². The van der Waals surface area contributed by atoms with E-state index in [1.54, 1.807) is 20.8 Å². The van der Waals surface area contributed by atoms with Crippen LogP contribution in [0.3, 0.4) is 0 Å². The number of aliphatic hydroxyl groups is 1. The molecule has 7 heteroatoms. The second-order valence-electron chi connectivity index (χ2n) is 6.37. The van der Waals surface area contributed by atoms with Gasteiger partial charge >= 0.3 is 12.2 Å². The van der Waals surface area contributed by atoms with Crippen molar-refractivity contribution in [2.45, 2.75) is 33.0 Å². The van der Waals surface area contributed by atoms with Crippen LogP contribution in [0.5, 0.6) is 0 Å². The Kier molecular flexibility index (Phi) is 8.05. The molecule has 2 amide bonds. The molecule has 1 rings (SSSR count). The van der Waals surface area contributed by atoms with Crippen molar-refractivity contribution < 1.29 is 24.2 Å². The number of hydrogen-bond donors (Lipinski definition) is 3. The Labute approximate surface area is 142 Å². The summed E-state index contributed by atoms with van der Waals surface area (Å²) >= 11 is 0. The number of aliphatic hydroxyl groups excluding tert-OH is 1. The lowest BCUT2D eigenvalue weighted by Gasteiger charge is -2.21. The van der Waals surface area contributed by atoms with Gasteiger partial charge in [0.25, 0.3) is 0 Å². The van der Waals surface area contributed by atoms with Crippen LogP contribution >= 0.6 is 0 Å². The fourth-order valence-corrected chi connectivity index (χ4v) is 1.74. The van der Waals surface area contributed by atoms with Gasteiger partial charge in [0.1, 0.15) is 12.2 Å². The number of nitrogens with one attached hydrogen (secondary N) is 2. The van der Waals surface area contributed by atoms with E-state index < -0.39 is 17.8 Å². The molecule has 24 heavy (non-hydrogen) atoms. The number of hydrogen-bond acceptors (Lipinski definition) is 5. The number of carbonyl (C=O) groups excluding carboxylic acids is 2. The molecule has 0 aromatic heterocycles. The van der Waals surface area contributed by atoms with E-state index >= 15 is 0 Å². The van der Waals surface area contributed by atoms with Gasteiger partial charge in [0.15, 0.2) is 0 Å². The Balaban J connectivity index is 2.25. The van der Waals surface area contributed by atoms with E-state index in [0.717, 1.165) is 5.56 Å². The molecule has 1 aromatic carbocycles. The summed E-state index contributed by atoms with van der Waals surface area (Å²) in [6, 6.07) is 9.32. The van der Waals surface area contributed by atoms with Crippen LogP contribution in [-0.2, 0) is 16.1 Å². The van der Waals surface area contributed by atoms with Crippen LogP contribution in [0.15, 0.2) is 30.3 Å². The summed E-state index contributed by atoms with van der Waals surface area (Å²) in [5.41, 5.74) is 0.302. The average molecular weight is 338 g/mol. The zero-order chi connectivity index (χ0) is 18.0. The van der Waals surface area contributed by atoms with Gasteiger partial charge < -0.3 is 25.2 Å². The molecule has 0 aliphatic heterocycles. The minimum atomic E-state index is -0.585. The van der Waals surface area contributed by atoms with E-state index in [1.807, 2.05) is 30.3 Å². The smallest absolute Gasteiger partial charge is 0.407 e. The first kappa shape index (κ1) is 19.8. The Hall–Kier alpha value is -2.28. The molecule has 0 bridgehead atoms. The normalized spacial score (nSPS) is 12.2. The van der Waals surface area contributed by atoms with Crippen LogP contribution in [0.1, 0.15) is 26.3 Å². The molecule has 0 saturated heterocycles. The zero-order valence-electron chi connectivity index (χ0n) is 14.4. The third-order valence-electron chi connectivity index (χ3n) is 2.94. The van der Waals surface area contributed by atoms with Gasteiger partial charge in [0, 0.05) is 25.6 Å². The highest BCUT2D eigenvalue weighted by Gasteiger charge is 2.17. The van der Waals surface area contributed by atoms with E-state index in [9.17, 15) is 14.7 Å². The molecule has 0 aliphatic rings. The van der Waals surface area contributed by atoms with Gasteiger partial charge in [-0.3, -0.25) is 0 Å². The number of amides is 2. The minimum absolute atomic E-state index is 0.173. The molecule has 0 spiro atoms. The van der Waals surface area contributed by atoms with Crippen molar-refractivity contribution in [3.63, 3.8) is 0 Å². The maximum absolute atomic E-state index is 11.6. The Morgan fingerprint density at radius 3 is 2.21 bits per heavy atom. The number of benzene rings is 1. The molecule has 1 unspecified atom stereocenters. The number of rotatable bonds is 7. The fourth-order valence-electron chi connectivity index (χ4n) is 1.74. The molecule has 7 nitrogen and oxygen atoms in total. The SMILES string of the molecule is CC(C)(C)OC(=O)NCC(CO)CNC(=O)OCc1ccccc1. The highest BCUT2D eigenvalue weighted by Crippen LogP contribution is 2.06. The van der Waals surface area contributed by atoms with Crippen LogP contribution in [-0.4, -0.2) is 42.6 Å². The van der Waals surface area contributed by atoms with Crippen LogP contribution in [0.2, 0.25) is 0 Å². The monoisotopic (exact) mass is 338 g/mol. The van der Waals surface area contributed by atoms with Crippen LogP contribution in [0.25, 0.3) is 0 Å². The molecular weight excluding hydrogens is 312 g/mol. The predicted molar refractivity (Wildman–Crippen MR) is 89.4 cm³/mol. The summed E-state index contributed by atoms with van der Waals surface area (Å²) in [6.07, 6.45) is -1.14. The molecule has 3 N–H and O–H groups in total. The molecule has 0 aliphatic carbocycles. The Morgan fingerprint density at radius 2 is 1.67 bits per heavy atom. The molecular formula is C17H26N2O5. The first-order valence-corrected chi connectivity index (χ1v) is 7.82. The summed E-state index contributed by atoms with van der Waals surface area (Å²) in [7, 11) is 0. The fraction of sp³-hybridized carbons (Fsp3) is 0.529. The highest BCUT2D eigenvalue weighted by molar-refractivity contribution is 5.68. The van der Waals surface area contributed by atoms with Gasteiger partial charge in [-0.2, -0.15) is 0 Å². The van der Waals surface area contributed by atoms with E-state index in [0.29, 0.717) is 0 Å². The van der Waals surface area contributed by atoms with Gasteiger partial charge in [0.05, 0.1) is 0 Å². The Bertz CT molecular complexity index is 513. The highest BCUT2D eigenvalue weighted by atomic mass is 16.6. The predicted octanol–water partition coefficient (Wildman–Crippen LogP) is 2.05. The van der Waals surface area contributed by atoms with Crippen LogP contribution < -0.4 is 10.6 Å². The quantitative estimate of drug-likeness (QED) is 0.707. The molecule has 0 heterocycles. The molecule has 134 valence electrons. The number of carbonyl (C=O) groups is 2. The van der Waals surface area contributed by atoms with E-state index in [4.69, 9.17) is 9.47 Å². The van der Waals surface area contributed by atoms with Gasteiger partial charge in [-0.25, -0.2) is 9.59 Å². The van der Waals surface area contributed by atoms with Gasteiger partial charge in [-0.1, -0.05) is 30.3 Å². The number of ether oxygens (including phenoxy) is 2. The van der Waals surface area contributed by atoms with Crippen molar-refractivity contribution in [3.8, 4) is 0 Å². The maximum atomic E-state index is 11.6. The summed E-state index contributed by atoms with van der Waals surface area (Å²) < 4.78 is 10.2. The third kappa shape index (κ3) is 8.99. The zero-order valence-corrected chi connectivity index (χ0v) is 14.4. The van der Waals surface area contributed by atoms with Gasteiger partial charge in [0.2, 0.25) is 0 Å². The van der Waals surface area contributed by atoms with E-state index in [-0.39, 0.29) is 32.2 Å². The van der Waals surface area contributed by atoms with Crippen molar-refractivity contribution >= 4 is 12.2 Å². The molecule has 1 atom stereocenters. The second kappa shape index (κ2) is 9.77. The summed E-state index contributed by atoms with van der Waals surface area (Å²) in [6.45, 7) is 5.65. The van der Waals surface area contributed by atoms with Crippen LogP contribution in [0.4, 0.5) is 9.59 Å². The summed E-state index contributed by atoms with van der Waals surface area (Å²) in [5, 5.41) is 14.4. The lowest BCUT2D eigenvalue weighted by molar-refractivity contribution is 0.0513. The molecule has 1 aromatic rings. The molecule has 0 radical (unpaired) electrons. The first-order valence-electron chi connectivity index (χ1n) is 7.82. The average Bonchev–Trinajstić information content (AvgIpc) is 2.52. The topological polar surface area (TPSA) is 96.9 Å². The Morgan fingerprint density at radius 1 is 1.08 bits per heavy atom. The molecule has 0 saturated carbocycles. The van der Waals surface area contributed by atoms with Crippen molar-refractivity contribution in [1.82, 2.24) is 10.6 Å². The van der Waals surface area contributed by atoms with Crippen molar-refractivity contribution in [2.75, 3.05) is 19.7 Å². The summed E-state index contributed by atoms with van der Waals surface area (Å²) in [5.74, 6) is -0.332. The van der Waals surface area contributed by atoms with Crippen LogP contribution in [0, 0.1) is 5.92 Å². The lowest BCUT2D eigenvalue weighted by Crippen LogP contribution is -2.40. The molecule has 0 fully saturated rings. The van der Waals surface area contributed by atoms with Gasteiger partial charge in [-0.15, -0.1) is 0 Å². The largest absolute Gasteiger partial charge is 0.445 e. The van der Waals surface area contributed by atoms with Crippen molar-refractivity contribution in [1.29, 1.82) is 0 Å². The van der Waals surface area contributed by atoms with E-state index in [2.05, 4.69) is 10.6 Å². The second-order valence-corrected chi connectivity index (χ2v) is 6.37. The first-order chi connectivity index (χ1) is 11.3. The lowest BCUT2D eigenvalue weighted by atomic mass is 10.1. The summed E-state index contributed by atoms with van der Waals surface area (Å²) in [4.78, 5) is 23.2. The van der Waals surface area contributed by atoms with E-state index in [1.165, 1.54) is 0 Å². The van der Waals surface area contributed by atoms with Gasteiger partial charge in [-0.05, 0) is 26.3 Å². The number of alkyl carbamates (subject to hydrolysis) is 2. The van der Waals surface area contributed by atoms with Crippen molar-refractivity contribution in [3.05, 3.63) is 35.9 Å².